The number of hydrogen-bond acceptors (Lipinski definition) is 2. The highest BCUT2D eigenvalue weighted by atomic mass is 14.9. The molecule has 0 radical (unpaired) electrons. The van der Waals surface area contributed by atoms with Crippen molar-refractivity contribution in [2.45, 2.75) is 33.1 Å². The smallest absolute Gasteiger partial charge is 0.0674 e. The Kier molecular flexibility index (Phi) is 3.89. The van der Waals surface area contributed by atoms with E-state index in [0.29, 0.717) is 5.92 Å². The fraction of sp³-hybridized carbons (Fsp3) is 0.462. The first-order valence-corrected chi connectivity index (χ1v) is 5.38. The fourth-order valence-corrected chi connectivity index (χ4v) is 1.87. The molecule has 0 amide bonds. The summed E-state index contributed by atoms with van der Waals surface area (Å²) in [5, 5.41) is 3.23. The summed E-state index contributed by atoms with van der Waals surface area (Å²) in [5.41, 5.74) is 4.85. The molecule has 2 nitrogen and oxygen atoms in total. The molecule has 1 aromatic rings. The van der Waals surface area contributed by atoms with Gasteiger partial charge in [0.1, 0.15) is 0 Å². The minimum Gasteiger partial charge on any atom is -0.386 e. The Morgan fingerprint density at radius 2 is 2.20 bits per heavy atom. The van der Waals surface area contributed by atoms with Gasteiger partial charge in [-0.25, -0.2) is 0 Å². The van der Waals surface area contributed by atoms with Crippen molar-refractivity contribution in [2.75, 3.05) is 12.4 Å². The maximum atomic E-state index is 4.49. The molecule has 0 aliphatic heterocycles. The summed E-state index contributed by atoms with van der Waals surface area (Å²) in [5.74, 6) is 0.516. The summed E-state index contributed by atoms with van der Waals surface area (Å²) >= 11 is 0. The van der Waals surface area contributed by atoms with E-state index in [1.54, 1.807) is 0 Å². The molecule has 15 heavy (non-hydrogen) atoms. The summed E-state index contributed by atoms with van der Waals surface area (Å²) in [6.45, 7) is 10.3. The lowest BCUT2D eigenvalue weighted by Gasteiger charge is -2.16. The lowest BCUT2D eigenvalue weighted by atomic mass is 9.97. The van der Waals surface area contributed by atoms with Crippen LogP contribution in [0.15, 0.2) is 18.9 Å². The number of nitrogens with one attached hydrogen (secondary N) is 1. The molecular weight excluding hydrogens is 184 g/mol. The second-order valence-electron chi connectivity index (χ2n) is 4.06. The second-order valence-corrected chi connectivity index (χ2v) is 4.06. The van der Waals surface area contributed by atoms with Crippen LogP contribution < -0.4 is 5.32 Å². The van der Waals surface area contributed by atoms with Crippen LogP contribution in [0.3, 0.4) is 0 Å². The van der Waals surface area contributed by atoms with Gasteiger partial charge in [0.2, 0.25) is 0 Å². The van der Waals surface area contributed by atoms with Crippen LogP contribution in [0.2, 0.25) is 0 Å². The van der Waals surface area contributed by atoms with Crippen LogP contribution in [0.25, 0.3) is 0 Å². The minimum atomic E-state index is 0.516. The molecular formula is C13H20N2. The highest BCUT2D eigenvalue weighted by Crippen LogP contribution is 2.27. The number of rotatable bonds is 4. The van der Waals surface area contributed by atoms with E-state index in [0.717, 1.165) is 17.8 Å². The topological polar surface area (TPSA) is 24.9 Å². The Morgan fingerprint density at radius 1 is 1.53 bits per heavy atom. The number of anilines is 1. The summed E-state index contributed by atoms with van der Waals surface area (Å²) in [4.78, 5) is 4.49. The van der Waals surface area contributed by atoms with Crippen molar-refractivity contribution in [2.24, 2.45) is 0 Å². The standard InChI is InChI=1S/C13H20N2/c1-6-7-12-13(14-5)10(4)11(8-15-12)9(2)3/h6,8-9,14H,1,7H2,2-5H3. The average molecular weight is 204 g/mol. The number of pyridine rings is 1. The molecule has 1 heterocycles. The number of allylic oxidation sites excluding steroid dienone is 1. The zero-order chi connectivity index (χ0) is 11.4. The monoisotopic (exact) mass is 204 g/mol. The van der Waals surface area contributed by atoms with Gasteiger partial charge in [-0.15, -0.1) is 6.58 Å². The van der Waals surface area contributed by atoms with E-state index in [4.69, 9.17) is 0 Å². The van der Waals surface area contributed by atoms with E-state index in [2.05, 4.69) is 37.7 Å². The zero-order valence-corrected chi connectivity index (χ0v) is 10.1. The minimum absolute atomic E-state index is 0.516. The molecule has 0 aromatic carbocycles. The Bertz CT molecular complexity index is 354. The van der Waals surface area contributed by atoms with Crippen LogP contribution in [0.4, 0.5) is 5.69 Å². The highest BCUT2D eigenvalue weighted by molar-refractivity contribution is 5.57. The van der Waals surface area contributed by atoms with Gasteiger partial charge in [-0.05, 0) is 24.0 Å². The third-order valence-corrected chi connectivity index (χ3v) is 2.67. The Hall–Kier alpha value is -1.31. The Labute approximate surface area is 92.4 Å². The summed E-state index contributed by atoms with van der Waals surface area (Å²) < 4.78 is 0. The van der Waals surface area contributed by atoms with Crippen molar-refractivity contribution < 1.29 is 0 Å². The van der Waals surface area contributed by atoms with E-state index in [1.807, 2.05) is 19.3 Å². The molecule has 82 valence electrons. The van der Waals surface area contributed by atoms with E-state index in [9.17, 15) is 0 Å². The first kappa shape index (κ1) is 11.8. The van der Waals surface area contributed by atoms with Gasteiger partial charge in [0.05, 0.1) is 11.4 Å². The molecule has 0 saturated carbocycles. The van der Waals surface area contributed by atoms with Crippen LogP contribution in [0, 0.1) is 6.92 Å². The van der Waals surface area contributed by atoms with Gasteiger partial charge in [-0.2, -0.15) is 0 Å². The molecule has 0 bridgehead atoms. The van der Waals surface area contributed by atoms with Gasteiger partial charge < -0.3 is 5.32 Å². The normalized spacial score (nSPS) is 10.5. The van der Waals surface area contributed by atoms with Crippen LogP contribution in [-0.2, 0) is 6.42 Å². The third-order valence-electron chi connectivity index (χ3n) is 2.67. The third kappa shape index (κ3) is 2.38. The van der Waals surface area contributed by atoms with Crippen molar-refractivity contribution in [1.82, 2.24) is 4.98 Å². The lowest BCUT2D eigenvalue weighted by molar-refractivity contribution is 0.843. The molecule has 0 unspecified atom stereocenters. The summed E-state index contributed by atoms with van der Waals surface area (Å²) in [6.07, 6.45) is 4.69. The molecule has 1 aromatic heterocycles. The average Bonchev–Trinajstić information content (AvgIpc) is 2.18. The molecule has 1 rings (SSSR count). The molecule has 0 fully saturated rings. The van der Waals surface area contributed by atoms with Gasteiger partial charge in [-0.1, -0.05) is 19.9 Å². The van der Waals surface area contributed by atoms with Crippen molar-refractivity contribution in [3.05, 3.63) is 35.7 Å². The van der Waals surface area contributed by atoms with E-state index >= 15 is 0 Å². The van der Waals surface area contributed by atoms with Crippen LogP contribution in [0.1, 0.15) is 36.6 Å². The van der Waals surface area contributed by atoms with Gasteiger partial charge in [0.15, 0.2) is 0 Å². The lowest BCUT2D eigenvalue weighted by Crippen LogP contribution is -2.04. The SMILES string of the molecule is C=CCc1ncc(C(C)C)c(C)c1NC. The highest BCUT2D eigenvalue weighted by Gasteiger charge is 2.11. The van der Waals surface area contributed by atoms with Crippen molar-refractivity contribution in [1.29, 1.82) is 0 Å². The molecule has 0 aliphatic carbocycles. The van der Waals surface area contributed by atoms with Gasteiger partial charge in [0.25, 0.3) is 0 Å². The quantitative estimate of drug-likeness (QED) is 0.761. The molecule has 0 saturated heterocycles. The van der Waals surface area contributed by atoms with Gasteiger partial charge in [-0.3, -0.25) is 4.98 Å². The Morgan fingerprint density at radius 3 is 2.67 bits per heavy atom. The summed E-state index contributed by atoms with van der Waals surface area (Å²) in [7, 11) is 1.95. The predicted molar refractivity (Wildman–Crippen MR) is 66.5 cm³/mol. The van der Waals surface area contributed by atoms with Crippen molar-refractivity contribution in [3.63, 3.8) is 0 Å². The molecule has 1 N–H and O–H groups in total. The van der Waals surface area contributed by atoms with E-state index in [-0.39, 0.29) is 0 Å². The van der Waals surface area contributed by atoms with Crippen LogP contribution in [-0.4, -0.2) is 12.0 Å². The van der Waals surface area contributed by atoms with Crippen LogP contribution >= 0.6 is 0 Å². The number of hydrogen-bond donors (Lipinski definition) is 1. The van der Waals surface area contributed by atoms with Gasteiger partial charge in [0, 0.05) is 19.7 Å². The molecule has 0 aliphatic rings. The van der Waals surface area contributed by atoms with Gasteiger partial charge >= 0.3 is 0 Å². The first-order chi connectivity index (χ1) is 7.11. The summed E-state index contributed by atoms with van der Waals surface area (Å²) in [6, 6.07) is 0. The second kappa shape index (κ2) is 4.96. The van der Waals surface area contributed by atoms with E-state index in [1.165, 1.54) is 11.1 Å². The largest absolute Gasteiger partial charge is 0.386 e. The van der Waals surface area contributed by atoms with E-state index < -0.39 is 0 Å². The number of nitrogens with zero attached hydrogens (tertiary/aromatic N) is 1. The maximum absolute atomic E-state index is 4.49. The van der Waals surface area contributed by atoms with Crippen molar-refractivity contribution >= 4 is 5.69 Å². The van der Waals surface area contributed by atoms with Crippen LogP contribution in [0.5, 0.6) is 0 Å². The van der Waals surface area contributed by atoms with Crippen molar-refractivity contribution in [3.8, 4) is 0 Å². The Balaban J connectivity index is 3.25. The zero-order valence-electron chi connectivity index (χ0n) is 10.1. The molecule has 0 spiro atoms. The predicted octanol–water partition coefficient (Wildman–Crippen LogP) is 3.28. The maximum Gasteiger partial charge on any atom is 0.0674 e. The molecule has 2 heteroatoms. The fourth-order valence-electron chi connectivity index (χ4n) is 1.87. The number of aromatic nitrogens is 1. The first-order valence-electron chi connectivity index (χ1n) is 5.38. The molecule has 0 atom stereocenters.